The van der Waals surface area contributed by atoms with Gasteiger partial charge in [0.15, 0.2) is 11.2 Å². The van der Waals surface area contributed by atoms with E-state index < -0.39 is 0 Å². The summed E-state index contributed by atoms with van der Waals surface area (Å²) in [7, 11) is 1.94. The number of para-hydroxylation sites is 3. The number of amides is 1. The normalized spacial score (nSPS) is 14.0. The molecule has 1 amide bonds. The minimum atomic E-state index is 0.147. The summed E-state index contributed by atoms with van der Waals surface area (Å²) in [4.78, 5) is 41.1. The average molecular weight is 599 g/mol. The van der Waals surface area contributed by atoms with Crippen molar-refractivity contribution in [3.8, 4) is 11.3 Å². The van der Waals surface area contributed by atoms with Crippen LogP contribution in [0, 0.1) is 0 Å². The number of benzene rings is 2. The Bertz CT molecular complexity index is 1670. The Morgan fingerprint density at radius 2 is 1.72 bits per heavy atom. The van der Waals surface area contributed by atoms with Crippen LogP contribution >= 0.6 is 11.3 Å². The zero-order valence-electron chi connectivity index (χ0n) is 24.9. The zero-order valence-corrected chi connectivity index (χ0v) is 25.7. The second-order valence-electron chi connectivity index (χ2n) is 10.8. The molecule has 0 atom stereocenters. The van der Waals surface area contributed by atoms with Gasteiger partial charge in [-0.1, -0.05) is 30.3 Å². The Hall–Kier alpha value is -4.19. The second-order valence-corrected chi connectivity index (χ2v) is 11.6. The van der Waals surface area contributed by atoms with E-state index in [1.165, 1.54) is 11.9 Å². The third-order valence-electron chi connectivity index (χ3n) is 7.30. The number of piperazine rings is 1. The van der Waals surface area contributed by atoms with Crippen LogP contribution in [-0.2, 0) is 11.3 Å². The van der Waals surface area contributed by atoms with Gasteiger partial charge >= 0.3 is 0 Å². The van der Waals surface area contributed by atoms with Gasteiger partial charge < -0.3 is 15.5 Å². The van der Waals surface area contributed by atoms with Gasteiger partial charge in [-0.25, -0.2) is 9.97 Å². The van der Waals surface area contributed by atoms with E-state index in [0.29, 0.717) is 18.4 Å². The van der Waals surface area contributed by atoms with Gasteiger partial charge in [0.2, 0.25) is 5.91 Å². The third-order valence-corrected chi connectivity index (χ3v) is 8.19. The van der Waals surface area contributed by atoms with Gasteiger partial charge in [0.1, 0.15) is 5.69 Å². The van der Waals surface area contributed by atoms with Crippen molar-refractivity contribution in [3.63, 3.8) is 0 Å². The van der Waals surface area contributed by atoms with Gasteiger partial charge in [-0.05, 0) is 32.0 Å². The van der Waals surface area contributed by atoms with E-state index in [4.69, 9.17) is 4.98 Å². The molecule has 5 aromatic rings. The molecule has 6 rings (SSSR count). The van der Waals surface area contributed by atoms with E-state index in [1.54, 1.807) is 11.3 Å². The van der Waals surface area contributed by atoms with Crippen molar-refractivity contribution in [3.05, 3.63) is 77.7 Å². The minimum absolute atomic E-state index is 0.147. The lowest BCUT2D eigenvalue weighted by Gasteiger charge is -2.34. The molecule has 3 aromatic heterocycles. The Kier molecular flexibility index (Phi) is 10.1. The molecule has 10 nitrogen and oxygen atoms in total. The lowest BCUT2D eigenvalue weighted by molar-refractivity contribution is -0.122. The van der Waals surface area contributed by atoms with Crippen LogP contribution in [0.3, 0.4) is 0 Å². The van der Waals surface area contributed by atoms with E-state index in [1.807, 2.05) is 51.2 Å². The summed E-state index contributed by atoms with van der Waals surface area (Å²) in [5.41, 5.74) is 6.43. The summed E-state index contributed by atoms with van der Waals surface area (Å²) in [6.45, 7) is 9.82. The summed E-state index contributed by atoms with van der Waals surface area (Å²) in [5.74, 6) is 0.147. The molecule has 2 aromatic carbocycles. The predicted molar refractivity (Wildman–Crippen MR) is 173 cm³/mol. The molecule has 4 heterocycles. The highest BCUT2D eigenvalue weighted by Gasteiger charge is 2.20. The van der Waals surface area contributed by atoms with Crippen molar-refractivity contribution in [1.29, 1.82) is 0 Å². The number of anilines is 1. The van der Waals surface area contributed by atoms with Gasteiger partial charge in [-0.2, -0.15) is 0 Å². The van der Waals surface area contributed by atoms with Gasteiger partial charge in [0.05, 0.1) is 22.9 Å². The molecule has 224 valence electrons. The first-order chi connectivity index (χ1) is 20.9. The number of thiazole rings is 1. The van der Waals surface area contributed by atoms with Crippen LogP contribution in [0.15, 0.2) is 66.3 Å². The Balaban J connectivity index is 0.000000255. The van der Waals surface area contributed by atoms with Gasteiger partial charge in [-0.3, -0.25) is 23.9 Å². The zero-order chi connectivity index (χ0) is 30.2. The number of fused-ring (bicyclic) bond motifs is 2. The largest absolute Gasteiger partial charge is 0.388 e. The van der Waals surface area contributed by atoms with Crippen molar-refractivity contribution in [2.24, 2.45) is 0 Å². The molecule has 43 heavy (non-hydrogen) atoms. The highest BCUT2D eigenvalue weighted by molar-refractivity contribution is 7.15. The third kappa shape index (κ3) is 7.81. The predicted octanol–water partition coefficient (Wildman–Crippen LogP) is 4.58. The molecule has 0 saturated carbocycles. The van der Waals surface area contributed by atoms with Crippen molar-refractivity contribution >= 4 is 45.2 Å². The fourth-order valence-electron chi connectivity index (χ4n) is 5.08. The fourth-order valence-corrected chi connectivity index (χ4v) is 5.94. The molecule has 1 saturated heterocycles. The molecule has 1 aliphatic rings. The number of carbonyl (C=O) groups is 2. The standard InChI is InChI=1S/C23H32N6OS.C9H6N2O/c1-17(2)25-22(30)8-9-27-10-12-28(13-11-27)14-18-16-31-23-26-21(15-29(18)23)19-6-4-5-7-20(19)24-3;12-6-7-5-10-8-3-1-2-4-9(8)11-7/h4-7,15-17,24H,8-14H2,1-3H3,(H,25,30);1-6H. The topological polar surface area (TPSA) is 108 Å². The average Bonchev–Trinajstić information content (AvgIpc) is 3.62. The first kappa shape index (κ1) is 30.3. The molecule has 1 aliphatic heterocycles. The Labute approximate surface area is 255 Å². The monoisotopic (exact) mass is 598 g/mol. The lowest BCUT2D eigenvalue weighted by atomic mass is 10.1. The number of hydrogen-bond acceptors (Lipinski definition) is 9. The van der Waals surface area contributed by atoms with Gasteiger partial charge in [0, 0.05) is 87.3 Å². The number of nitrogens with zero attached hydrogens (tertiary/aromatic N) is 6. The fraction of sp³-hybridized carbons (Fsp3) is 0.344. The quantitative estimate of drug-likeness (QED) is 0.238. The number of hydrogen-bond donors (Lipinski definition) is 2. The molecular weight excluding hydrogens is 560 g/mol. The number of nitrogens with one attached hydrogen (secondary N) is 2. The maximum absolute atomic E-state index is 11.9. The summed E-state index contributed by atoms with van der Waals surface area (Å²) >= 11 is 1.70. The van der Waals surface area contributed by atoms with Crippen LogP contribution in [0.1, 0.15) is 36.5 Å². The van der Waals surface area contributed by atoms with Crippen LogP contribution in [0.25, 0.3) is 27.3 Å². The molecule has 0 aliphatic carbocycles. The maximum Gasteiger partial charge on any atom is 0.221 e. The van der Waals surface area contributed by atoms with Crippen molar-refractivity contribution < 1.29 is 9.59 Å². The van der Waals surface area contributed by atoms with E-state index in [2.05, 4.69) is 64.6 Å². The van der Waals surface area contributed by atoms with Crippen LogP contribution < -0.4 is 10.6 Å². The number of imidazole rings is 1. The second kappa shape index (κ2) is 14.3. The molecule has 0 radical (unpaired) electrons. The molecular formula is C32H38N8O2S. The van der Waals surface area contributed by atoms with Gasteiger partial charge in [0.25, 0.3) is 0 Å². The van der Waals surface area contributed by atoms with Crippen molar-refractivity contribution in [1.82, 2.24) is 34.5 Å². The van der Waals surface area contributed by atoms with Crippen molar-refractivity contribution in [2.75, 3.05) is 45.1 Å². The number of rotatable bonds is 9. The Morgan fingerprint density at radius 1 is 1.00 bits per heavy atom. The van der Waals surface area contributed by atoms with E-state index in [0.717, 1.165) is 72.2 Å². The number of aldehydes is 1. The smallest absolute Gasteiger partial charge is 0.221 e. The van der Waals surface area contributed by atoms with Crippen LogP contribution in [-0.4, -0.2) is 87.2 Å². The SMILES string of the molecule is CNc1ccccc1-c1cn2c(CN3CCN(CCC(=O)NC(C)C)CC3)csc2n1.O=Cc1cnc2ccccc2n1. The summed E-state index contributed by atoms with van der Waals surface area (Å²) in [5, 5.41) is 8.45. The molecule has 1 fully saturated rings. The van der Waals surface area contributed by atoms with E-state index in [9.17, 15) is 9.59 Å². The summed E-state index contributed by atoms with van der Waals surface area (Å²) in [6.07, 6.45) is 4.89. The van der Waals surface area contributed by atoms with Crippen LogP contribution in [0.2, 0.25) is 0 Å². The first-order valence-corrected chi connectivity index (χ1v) is 15.4. The molecule has 2 N–H and O–H groups in total. The lowest BCUT2D eigenvalue weighted by Crippen LogP contribution is -2.47. The Morgan fingerprint density at radius 3 is 2.47 bits per heavy atom. The van der Waals surface area contributed by atoms with E-state index in [-0.39, 0.29) is 11.9 Å². The summed E-state index contributed by atoms with van der Waals surface area (Å²) < 4.78 is 2.23. The molecule has 0 unspecified atom stereocenters. The maximum atomic E-state index is 11.9. The molecule has 11 heteroatoms. The number of aromatic nitrogens is 4. The van der Waals surface area contributed by atoms with Gasteiger partial charge in [-0.15, -0.1) is 11.3 Å². The first-order valence-electron chi connectivity index (χ1n) is 14.6. The molecule has 0 spiro atoms. The van der Waals surface area contributed by atoms with E-state index >= 15 is 0 Å². The minimum Gasteiger partial charge on any atom is -0.388 e. The number of carbonyl (C=O) groups excluding carboxylic acids is 2. The highest BCUT2D eigenvalue weighted by Crippen LogP contribution is 2.29. The summed E-state index contributed by atoms with van der Waals surface area (Å²) in [6, 6.07) is 15.9. The van der Waals surface area contributed by atoms with Crippen LogP contribution in [0.4, 0.5) is 5.69 Å². The van der Waals surface area contributed by atoms with Crippen molar-refractivity contribution in [2.45, 2.75) is 32.9 Å². The molecule has 0 bridgehead atoms. The highest BCUT2D eigenvalue weighted by atomic mass is 32.1. The van der Waals surface area contributed by atoms with Crippen LogP contribution in [0.5, 0.6) is 0 Å².